The van der Waals surface area contributed by atoms with E-state index in [0.717, 1.165) is 30.2 Å². The maximum absolute atomic E-state index is 12.7. The van der Waals surface area contributed by atoms with Gasteiger partial charge in [0.1, 0.15) is 0 Å². The van der Waals surface area contributed by atoms with E-state index in [-0.39, 0.29) is 0 Å². The Hall–Kier alpha value is -0.851. The van der Waals surface area contributed by atoms with Gasteiger partial charge in [0.05, 0.1) is 0 Å². The number of carbonyl (C=O) groups is 1. The molecule has 0 radical (unpaired) electrons. The second kappa shape index (κ2) is 16.3. The molecule has 1 aromatic carbocycles. The van der Waals surface area contributed by atoms with E-state index in [9.17, 15) is 4.79 Å². The summed E-state index contributed by atoms with van der Waals surface area (Å²) in [7, 11) is 0. The van der Waals surface area contributed by atoms with Crippen molar-refractivity contribution >= 4 is 25.2 Å². The van der Waals surface area contributed by atoms with E-state index in [0.29, 0.717) is 20.7 Å². The monoisotopic (exact) mass is 422 g/mol. The van der Waals surface area contributed by atoms with E-state index in [1.807, 2.05) is 0 Å². The summed E-state index contributed by atoms with van der Waals surface area (Å²) in [4.78, 5) is 12.7. The average Bonchev–Trinajstić information content (AvgIpc) is 2.67. The molecule has 0 aliphatic carbocycles. The van der Waals surface area contributed by atoms with Crippen molar-refractivity contribution in [1.29, 1.82) is 0 Å². The number of unbranched alkanes of at least 4 members (excludes halogenated alkanes) is 9. The van der Waals surface area contributed by atoms with Crippen molar-refractivity contribution in [3.8, 4) is 0 Å². The van der Waals surface area contributed by atoms with Crippen molar-refractivity contribution in [1.82, 2.24) is 0 Å². The van der Waals surface area contributed by atoms with Crippen molar-refractivity contribution in [2.24, 2.45) is 0 Å². The molecule has 0 spiro atoms. The Morgan fingerprint density at radius 2 is 1.46 bits per heavy atom. The van der Waals surface area contributed by atoms with Crippen LogP contribution in [0.1, 0.15) is 90.9 Å². The van der Waals surface area contributed by atoms with Gasteiger partial charge in [-0.05, 0) is 0 Å². The van der Waals surface area contributed by atoms with Crippen molar-refractivity contribution < 1.29 is 4.79 Å². The molecule has 0 fully saturated rings. The topological polar surface area (TPSA) is 17.1 Å². The molecule has 1 rings (SSSR count). The SMILES string of the molecule is CCCCCCCC/C=C(\C[Se]c1ccccc1)C(=O)CCCCCC. The molecule has 0 amide bonds. The van der Waals surface area contributed by atoms with Crippen molar-refractivity contribution in [2.75, 3.05) is 0 Å². The van der Waals surface area contributed by atoms with Gasteiger partial charge in [-0.25, -0.2) is 0 Å². The van der Waals surface area contributed by atoms with E-state index < -0.39 is 0 Å². The van der Waals surface area contributed by atoms with Crippen LogP contribution in [0.25, 0.3) is 0 Å². The van der Waals surface area contributed by atoms with Gasteiger partial charge in [-0.2, -0.15) is 0 Å². The Labute approximate surface area is 168 Å². The molecule has 1 aromatic rings. The molecule has 0 aliphatic rings. The van der Waals surface area contributed by atoms with E-state index >= 15 is 0 Å². The summed E-state index contributed by atoms with van der Waals surface area (Å²) in [5.41, 5.74) is 1.11. The van der Waals surface area contributed by atoms with Gasteiger partial charge >= 0.3 is 168 Å². The molecule has 1 nitrogen and oxygen atoms in total. The van der Waals surface area contributed by atoms with Gasteiger partial charge in [0, 0.05) is 0 Å². The Morgan fingerprint density at radius 1 is 0.846 bits per heavy atom. The summed E-state index contributed by atoms with van der Waals surface area (Å²) in [5, 5.41) is 0.958. The average molecular weight is 422 g/mol. The summed E-state index contributed by atoms with van der Waals surface area (Å²) in [6.07, 6.45) is 16.7. The predicted octanol–water partition coefficient (Wildman–Crippen LogP) is 6.65. The summed E-state index contributed by atoms with van der Waals surface area (Å²) < 4.78 is 1.39. The van der Waals surface area contributed by atoms with Crippen LogP contribution in [0.2, 0.25) is 5.32 Å². The minimum atomic E-state index is 0.368. The maximum atomic E-state index is 12.7. The van der Waals surface area contributed by atoms with Crippen LogP contribution in [0, 0.1) is 0 Å². The van der Waals surface area contributed by atoms with Gasteiger partial charge < -0.3 is 0 Å². The van der Waals surface area contributed by atoms with Crippen molar-refractivity contribution in [2.45, 2.75) is 96.2 Å². The Kier molecular flexibility index (Phi) is 14.6. The molecule has 26 heavy (non-hydrogen) atoms. The second-order valence-electron chi connectivity index (χ2n) is 7.12. The third kappa shape index (κ3) is 11.7. The first kappa shape index (κ1) is 23.2. The molecular weight excluding hydrogens is 383 g/mol. The molecule has 0 heterocycles. The number of carbonyl (C=O) groups excluding carboxylic acids is 1. The summed E-state index contributed by atoms with van der Waals surface area (Å²) in [6.45, 7) is 4.48. The van der Waals surface area contributed by atoms with E-state index in [1.54, 1.807) is 0 Å². The zero-order valence-electron chi connectivity index (χ0n) is 17.0. The Balaban J connectivity index is 2.45. The Bertz CT molecular complexity index is 492. The van der Waals surface area contributed by atoms with E-state index in [1.165, 1.54) is 62.2 Å². The van der Waals surface area contributed by atoms with E-state index in [2.05, 4.69) is 50.3 Å². The van der Waals surface area contributed by atoms with Crippen LogP contribution in [0.15, 0.2) is 42.0 Å². The van der Waals surface area contributed by atoms with Gasteiger partial charge in [0.2, 0.25) is 0 Å². The minimum absolute atomic E-state index is 0.368. The number of rotatable bonds is 16. The van der Waals surface area contributed by atoms with E-state index in [4.69, 9.17) is 0 Å². The van der Waals surface area contributed by atoms with Crippen molar-refractivity contribution in [3.63, 3.8) is 0 Å². The third-order valence-corrected chi connectivity index (χ3v) is 6.93. The first-order chi connectivity index (χ1) is 12.8. The van der Waals surface area contributed by atoms with Crippen LogP contribution in [0.5, 0.6) is 0 Å². The van der Waals surface area contributed by atoms with Gasteiger partial charge in [0.25, 0.3) is 0 Å². The molecular formula is C24H38OSe. The summed E-state index contributed by atoms with van der Waals surface area (Å²) in [5.74, 6) is 0.407. The van der Waals surface area contributed by atoms with Crippen LogP contribution in [0.4, 0.5) is 0 Å². The van der Waals surface area contributed by atoms with Crippen LogP contribution in [-0.2, 0) is 4.79 Å². The number of Topliss-reactive ketones (excluding diaryl/α,β-unsaturated/α-hetero) is 1. The number of hydrogen-bond acceptors (Lipinski definition) is 1. The van der Waals surface area contributed by atoms with Gasteiger partial charge in [0.15, 0.2) is 0 Å². The molecule has 0 saturated carbocycles. The fourth-order valence-electron chi connectivity index (χ4n) is 3.00. The van der Waals surface area contributed by atoms with Gasteiger partial charge in [-0.1, -0.05) is 0 Å². The fraction of sp³-hybridized carbons (Fsp3) is 0.625. The summed E-state index contributed by atoms with van der Waals surface area (Å²) >= 11 is 0.368. The van der Waals surface area contributed by atoms with Gasteiger partial charge in [-0.15, -0.1) is 0 Å². The normalized spacial score (nSPS) is 11.7. The van der Waals surface area contributed by atoms with Crippen LogP contribution in [-0.4, -0.2) is 20.7 Å². The second-order valence-corrected chi connectivity index (χ2v) is 9.32. The molecule has 0 N–H and O–H groups in total. The number of allylic oxidation sites excluding steroid dienone is 2. The van der Waals surface area contributed by atoms with Crippen LogP contribution in [0.3, 0.4) is 0 Å². The molecule has 0 unspecified atom stereocenters. The summed E-state index contributed by atoms with van der Waals surface area (Å²) in [6, 6.07) is 10.6. The standard InChI is InChI=1S/C24H38OSe/c1-3-5-7-9-10-11-13-17-22(24(25)20-16-8-6-4-2)21-26-23-18-14-12-15-19-23/h12,14-15,17-19H,3-11,13,16,20-21H2,1-2H3/b22-17+. The number of hydrogen-bond donors (Lipinski definition) is 0. The van der Waals surface area contributed by atoms with Crippen LogP contribution < -0.4 is 4.46 Å². The molecule has 0 bridgehead atoms. The molecule has 0 aliphatic heterocycles. The number of ketones is 1. The van der Waals surface area contributed by atoms with Gasteiger partial charge in [-0.3, -0.25) is 0 Å². The zero-order chi connectivity index (χ0) is 18.9. The predicted molar refractivity (Wildman–Crippen MR) is 116 cm³/mol. The molecule has 0 saturated heterocycles. The quantitative estimate of drug-likeness (QED) is 0.166. The third-order valence-electron chi connectivity index (χ3n) is 4.70. The molecule has 0 atom stereocenters. The number of benzene rings is 1. The molecule has 2 heteroatoms. The molecule has 146 valence electrons. The Morgan fingerprint density at radius 3 is 2.15 bits per heavy atom. The molecule has 0 aromatic heterocycles. The fourth-order valence-corrected chi connectivity index (χ4v) is 5.00. The zero-order valence-corrected chi connectivity index (χ0v) is 18.7. The van der Waals surface area contributed by atoms with Crippen LogP contribution >= 0.6 is 0 Å². The first-order valence-electron chi connectivity index (χ1n) is 10.7. The van der Waals surface area contributed by atoms with Crippen molar-refractivity contribution in [3.05, 3.63) is 42.0 Å². The first-order valence-corrected chi connectivity index (χ1v) is 12.7.